The van der Waals surface area contributed by atoms with Gasteiger partial charge in [-0.2, -0.15) is 0 Å². The molecule has 0 spiro atoms. The first-order valence-corrected chi connectivity index (χ1v) is 5.78. The zero-order chi connectivity index (χ0) is 12.1. The van der Waals surface area contributed by atoms with Gasteiger partial charge in [0.15, 0.2) is 0 Å². The Balaban J connectivity index is 2.61. The molecule has 16 heavy (non-hydrogen) atoms. The van der Waals surface area contributed by atoms with Crippen molar-refractivity contribution in [3.8, 4) is 0 Å². The summed E-state index contributed by atoms with van der Waals surface area (Å²) in [7, 11) is 0. The average Bonchev–Trinajstić information content (AvgIpc) is 2.19. The first-order chi connectivity index (χ1) is 7.50. The van der Waals surface area contributed by atoms with E-state index in [-0.39, 0.29) is 5.78 Å². The average molecular weight is 289 g/mol. The Labute approximate surface area is 101 Å². The summed E-state index contributed by atoms with van der Waals surface area (Å²) >= 11 is 3.05. The molecule has 0 bridgehead atoms. The maximum Gasteiger partial charge on any atom is 0.328 e. The van der Waals surface area contributed by atoms with Crippen LogP contribution in [-0.2, 0) is 11.3 Å². The van der Waals surface area contributed by atoms with E-state index in [4.69, 9.17) is 0 Å². The monoisotopic (exact) mass is 288 g/mol. The van der Waals surface area contributed by atoms with Crippen LogP contribution in [0.2, 0.25) is 0 Å². The van der Waals surface area contributed by atoms with Crippen LogP contribution in [0.25, 0.3) is 0 Å². The third kappa shape index (κ3) is 3.77. The molecule has 0 atom stereocenters. The summed E-state index contributed by atoms with van der Waals surface area (Å²) in [6.45, 7) is 2.05. The largest absolute Gasteiger partial charge is 0.328 e. The SMILES string of the molecule is CC(=O)CCCCn1cc(Br)c(=O)[nH]c1=O. The van der Waals surface area contributed by atoms with Gasteiger partial charge in [0.05, 0.1) is 4.47 Å². The van der Waals surface area contributed by atoms with Gasteiger partial charge >= 0.3 is 5.69 Å². The number of aromatic nitrogens is 2. The molecule has 1 rings (SSSR count). The summed E-state index contributed by atoms with van der Waals surface area (Å²) in [5.41, 5.74) is -0.846. The molecular weight excluding hydrogens is 276 g/mol. The van der Waals surface area contributed by atoms with Gasteiger partial charge in [-0.25, -0.2) is 4.79 Å². The Kier molecular flexibility index (Phi) is 4.67. The number of aryl methyl sites for hydroxylation is 1. The second kappa shape index (κ2) is 5.79. The number of Topliss-reactive ketones (excluding diaryl/α,β-unsaturated/α-hetero) is 1. The Bertz CT molecular complexity index is 490. The maximum atomic E-state index is 11.3. The zero-order valence-electron chi connectivity index (χ0n) is 8.96. The molecule has 1 heterocycles. The Hall–Kier alpha value is -1.17. The summed E-state index contributed by atoms with van der Waals surface area (Å²) in [5, 5.41) is 0. The van der Waals surface area contributed by atoms with E-state index in [1.165, 1.54) is 10.8 Å². The number of hydrogen-bond acceptors (Lipinski definition) is 3. The second-order valence-electron chi connectivity index (χ2n) is 3.59. The highest BCUT2D eigenvalue weighted by Crippen LogP contribution is 2.01. The molecule has 0 aliphatic carbocycles. The first-order valence-electron chi connectivity index (χ1n) is 4.99. The van der Waals surface area contributed by atoms with E-state index in [0.717, 1.165) is 12.8 Å². The molecule has 88 valence electrons. The van der Waals surface area contributed by atoms with Crippen LogP contribution in [-0.4, -0.2) is 15.3 Å². The quantitative estimate of drug-likeness (QED) is 0.824. The van der Waals surface area contributed by atoms with Crippen molar-refractivity contribution in [2.24, 2.45) is 0 Å². The molecule has 0 aliphatic heterocycles. The van der Waals surface area contributed by atoms with Crippen molar-refractivity contribution in [1.82, 2.24) is 9.55 Å². The molecule has 1 aromatic rings. The number of carbonyl (C=O) groups is 1. The molecule has 0 radical (unpaired) electrons. The molecule has 0 saturated carbocycles. The van der Waals surface area contributed by atoms with Gasteiger partial charge in [-0.1, -0.05) is 0 Å². The number of hydrogen-bond donors (Lipinski definition) is 1. The lowest BCUT2D eigenvalue weighted by molar-refractivity contribution is -0.117. The van der Waals surface area contributed by atoms with Gasteiger partial charge in [-0.05, 0) is 35.7 Å². The fraction of sp³-hybridized carbons (Fsp3) is 0.500. The smallest absolute Gasteiger partial charge is 0.300 e. The molecule has 0 aliphatic rings. The second-order valence-corrected chi connectivity index (χ2v) is 4.44. The Morgan fingerprint density at radius 1 is 1.44 bits per heavy atom. The predicted octanol–water partition coefficient (Wildman–Crippen LogP) is 1.06. The van der Waals surface area contributed by atoms with Crippen LogP contribution in [0.1, 0.15) is 26.2 Å². The predicted molar refractivity (Wildman–Crippen MR) is 63.6 cm³/mol. The molecule has 1 N–H and O–H groups in total. The van der Waals surface area contributed by atoms with E-state index < -0.39 is 11.2 Å². The topological polar surface area (TPSA) is 71.9 Å². The Morgan fingerprint density at radius 3 is 2.75 bits per heavy atom. The minimum absolute atomic E-state index is 0.148. The highest BCUT2D eigenvalue weighted by atomic mass is 79.9. The van der Waals surface area contributed by atoms with Crippen LogP contribution in [0.15, 0.2) is 20.3 Å². The van der Waals surface area contributed by atoms with E-state index in [0.29, 0.717) is 17.4 Å². The molecule has 6 heteroatoms. The number of halogens is 1. The molecule has 0 amide bonds. The van der Waals surface area contributed by atoms with Gasteiger partial charge in [0.1, 0.15) is 5.78 Å². The van der Waals surface area contributed by atoms with Crippen LogP contribution in [0.4, 0.5) is 0 Å². The number of nitrogens with zero attached hydrogens (tertiary/aromatic N) is 1. The Morgan fingerprint density at radius 2 is 2.12 bits per heavy atom. The molecule has 1 aromatic heterocycles. The van der Waals surface area contributed by atoms with E-state index in [1.54, 1.807) is 6.92 Å². The van der Waals surface area contributed by atoms with Gasteiger partial charge in [0.25, 0.3) is 5.56 Å². The lowest BCUT2D eigenvalue weighted by atomic mass is 10.2. The summed E-state index contributed by atoms with van der Waals surface area (Å²) in [6.07, 6.45) is 3.48. The number of H-pyrrole nitrogens is 1. The van der Waals surface area contributed by atoms with Crippen LogP contribution in [0.5, 0.6) is 0 Å². The van der Waals surface area contributed by atoms with Crippen LogP contribution in [0.3, 0.4) is 0 Å². The van der Waals surface area contributed by atoms with Gasteiger partial charge in [-0.15, -0.1) is 0 Å². The standard InChI is InChI=1S/C10H13BrN2O3/c1-7(14)4-2-3-5-13-6-8(11)9(15)12-10(13)16/h6H,2-5H2,1H3,(H,12,15,16). The summed E-state index contributed by atoms with van der Waals surface area (Å²) < 4.78 is 1.75. The van der Waals surface area contributed by atoms with E-state index >= 15 is 0 Å². The molecule has 0 aromatic carbocycles. The van der Waals surface area contributed by atoms with E-state index in [2.05, 4.69) is 20.9 Å². The number of nitrogens with one attached hydrogen (secondary N) is 1. The summed E-state index contributed by atoms with van der Waals surface area (Å²) in [4.78, 5) is 35.3. The van der Waals surface area contributed by atoms with Crippen molar-refractivity contribution in [2.45, 2.75) is 32.7 Å². The van der Waals surface area contributed by atoms with Crippen molar-refractivity contribution in [2.75, 3.05) is 0 Å². The van der Waals surface area contributed by atoms with Gasteiger partial charge in [0, 0.05) is 19.2 Å². The fourth-order valence-electron chi connectivity index (χ4n) is 1.30. The molecule has 5 nitrogen and oxygen atoms in total. The molecule has 0 unspecified atom stereocenters. The highest BCUT2D eigenvalue weighted by molar-refractivity contribution is 9.10. The summed E-state index contributed by atoms with van der Waals surface area (Å²) in [5.74, 6) is 0.148. The van der Waals surface area contributed by atoms with Crippen LogP contribution in [0, 0.1) is 0 Å². The molecule has 0 saturated heterocycles. The number of rotatable bonds is 5. The first kappa shape index (κ1) is 12.9. The minimum atomic E-state index is -0.426. The van der Waals surface area contributed by atoms with Crippen molar-refractivity contribution < 1.29 is 4.79 Å². The zero-order valence-corrected chi connectivity index (χ0v) is 10.5. The fourth-order valence-corrected chi connectivity index (χ4v) is 1.65. The maximum absolute atomic E-state index is 11.3. The lowest BCUT2D eigenvalue weighted by Gasteiger charge is -2.04. The van der Waals surface area contributed by atoms with E-state index in [1.807, 2.05) is 0 Å². The lowest BCUT2D eigenvalue weighted by Crippen LogP contribution is -2.29. The van der Waals surface area contributed by atoms with Crippen molar-refractivity contribution in [1.29, 1.82) is 0 Å². The van der Waals surface area contributed by atoms with Crippen molar-refractivity contribution in [3.63, 3.8) is 0 Å². The minimum Gasteiger partial charge on any atom is -0.300 e. The van der Waals surface area contributed by atoms with Gasteiger partial charge in [0.2, 0.25) is 0 Å². The number of carbonyl (C=O) groups excluding carboxylic acids is 1. The third-order valence-corrected chi connectivity index (χ3v) is 2.71. The van der Waals surface area contributed by atoms with Crippen LogP contribution < -0.4 is 11.2 Å². The van der Waals surface area contributed by atoms with Crippen molar-refractivity contribution in [3.05, 3.63) is 31.5 Å². The highest BCUT2D eigenvalue weighted by Gasteiger charge is 2.01. The normalized spacial score (nSPS) is 10.4. The molecule has 0 fully saturated rings. The number of ketones is 1. The van der Waals surface area contributed by atoms with E-state index in [9.17, 15) is 14.4 Å². The van der Waals surface area contributed by atoms with Crippen molar-refractivity contribution >= 4 is 21.7 Å². The summed E-state index contributed by atoms with van der Waals surface area (Å²) in [6, 6.07) is 0. The molecular formula is C10H13BrN2O3. The van der Waals surface area contributed by atoms with Gasteiger partial charge < -0.3 is 4.79 Å². The van der Waals surface area contributed by atoms with Crippen LogP contribution >= 0.6 is 15.9 Å². The number of unbranched alkanes of at least 4 members (excludes halogenated alkanes) is 1. The number of aromatic amines is 1. The third-order valence-electron chi connectivity index (χ3n) is 2.15. The van der Waals surface area contributed by atoms with Gasteiger partial charge in [-0.3, -0.25) is 14.3 Å².